The number of hydrogen-bond acceptors (Lipinski definition) is 7. The number of oxazole rings is 1. The van der Waals surface area contributed by atoms with Crippen LogP contribution in [0.25, 0.3) is 17.0 Å². The monoisotopic (exact) mass is 501 g/mol. The Labute approximate surface area is 214 Å². The average molecular weight is 502 g/mol. The fourth-order valence-electron chi connectivity index (χ4n) is 4.26. The van der Waals surface area contributed by atoms with Crippen molar-refractivity contribution in [2.75, 3.05) is 45.1 Å². The standard InChI is InChI=1S/C27H28FN7O2/c1-18-25(37-19(2)30-18)26(36)31-21-7-8-23(28)22(14-21)24-17-35-16-20(15-29-27(35)32-24)6-4-5-9-34-12-10-33(3)11-13-34/h7-8,14-17H,5,9-13H2,1-3H3,(H,31,36). The van der Waals surface area contributed by atoms with E-state index >= 15 is 0 Å². The quantitative estimate of drug-likeness (QED) is 0.419. The minimum Gasteiger partial charge on any atom is -0.436 e. The normalized spacial score (nSPS) is 14.5. The second-order valence-corrected chi connectivity index (χ2v) is 9.17. The minimum atomic E-state index is -0.461. The van der Waals surface area contributed by atoms with Crippen LogP contribution in [0.3, 0.4) is 0 Å². The molecule has 4 heterocycles. The molecular weight excluding hydrogens is 473 g/mol. The zero-order valence-electron chi connectivity index (χ0n) is 21.1. The molecule has 0 bridgehead atoms. The van der Waals surface area contributed by atoms with Crippen molar-refractivity contribution in [3.05, 3.63) is 65.5 Å². The lowest BCUT2D eigenvalue weighted by atomic mass is 10.1. The van der Waals surface area contributed by atoms with Crippen molar-refractivity contribution in [2.24, 2.45) is 0 Å². The number of carbonyl (C=O) groups excluding carboxylic acids is 1. The first kappa shape index (κ1) is 24.6. The molecule has 0 aliphatic carbocycles. The van der Waals surface area contributed by atoms with E-state index in [1.807, 2.05) is 6.20 Å². The Hall–Kier alpha value is -4.07. The minimum absolute atomic E-state index is 0.123. The van der Waals surface area contributed by atoms with Crippen LogP contribution in [0, 0.1) is 31.5 Å². The summed E-state index contributed by atoms with van der Waals surface area (Å²) in [6, 6.07) is 4.31. The topological polar surface area (TPSA) is 91.8 Å². The third-order valence-electron chi connectivity index (χ3n) is 6.30. The summed E-state index contributed by atoms with van der Waals surface area (Å²) in [5, 5.41) is 2.73. The van der Waals surface area contributed by atoms with Crippen LogP contribution in [-0.2, 0) is 0 Å². The van der Waals surface area contributed by atoms with Crippen LogP contribution in [0.15, 0.2) is 41.2 Å². The largest absolute Gasteiger partial charge is 0.436 e. The second kappa shape index (κ2) is 10.5. The molecule has 37 heavy (non-hydrogen) atoms. The number of rotatable bonds is 5. The first-order chi connectivity index (χ1) is 17.9. The van der Waals surface area contributed by atoms with E-state index in [0.29, 0.717) is 28.7 Å². The molecule has 9 nitrogen and oxygen atoms in total. The Morgan fingerprint density at radius 3 is 2.73 bits per heavy atom. The van der Waals surface area contributed by atoms with Crippen LogP contribution in [0.5, 0.6) is 0 Å². The summed E-state index contributed by atoms with van der Waals surface area (Å²) in [5.41, 5.74) is 2.30. The van der Waals surface area contributed by atoms with Crippen molar-refractivity contribution >= 4 is 17.4 Å². The highest BCUT2D eigenvalue weighted by atomic mass is 19.1. The van der Waals surface area contributed by atoms with Gasteiger partial charge in [-0.25, -0.2) is 19.3 Å². The third kappa shape index (κ3) is 5.69. The third-order valence-corrected chi connectivity index (χ3v) is 6.30. The van der Waals surface area contributed by atoms with Gasteiger partial charge in [-0.1, -0.05) is 11.8 Å². The summed E-state index contributed by atoms with van der Waals surface area (Å²) in [7, 11) is 2.15. The van der Waals surface area contributed by atoms with Crippen molar-refractivity contribution in [1.29, 1.82) is 0 Å². The highest BCUT2D eigenvalue weighted by Gasteiger charge is 2.18. The number of amides is 1. The first-order valence-corrected chi connectivity index (χ1v) is 12.2. The van der Waals surface area contributed by atoms with E-state index in [0.717, 1.165) is 44.7 Å². The summed E-state index contributed by atoms with van der Waals surface area (Å²) >= 11 is 0. The number of nitrogens with zero attached hydrogens (tertiary/aromatic N) is 6. The van der Waals surface area contributed by atoms with Crippen LogP contribution in [-0.4, -0.2) is 74.8 Å². The molecule has 3 aromatic heterocycles. The zero-order valence-corrected chi connectivity index (χ0v) is 21.1. The van der Waals surface area contributed by atoms with Gasteiger partial charge in [-0.3, -0.25) is 14.1 Å². The number of carbonyl (C=O) groups is 1. The summed E-state index contributed by atoms with van der Waals surface area (Å²) in [5.74, 6) is 6.43. The van der Waals surface area contributed by atoms with Gasteiger partial charge in [0.15, 0.2) is 5.89 Å². The van der Waals surface area contributed by atoms with Crippen LogP contribution in [0.1, 0.15) is 34.1 Å². The van der Waals surface area contributed by atoms with Crippen molar-refractivity contribution in [3.63, 3.8) is 0 Å². The van der Waals surface area contributed by atoms with E-state index in [2.05, 4.69) is 49.0 Å². The predicted molar refractivity (Wildman–Crippen MR) is 138 cm³/mol. The van der Waals surface area contributed by atoms with Crippen molar-refractivity contribution in [2.45, 2.75) is 20.3 Å². The van der Waals surface area contributed by atoms with Gasteiger partial charge in [-0.05, 0) is 32.2 Å². The molecule has 1 aliphatic rings. The maximum absolute atomic E-state index is 14.7. The number of benzene rings is 1. The van der Waals surface area contributed by atoms with E-state index in [9.17, 15) is 9.18 Å². The molecule has 5 rings (SSSR count). The van der Waals surface area contributed by atoms with E-state index in [4.69, 9.17) is 4.42 Å². The van der Waals surface area contributed by atoms with Gasteiger partial charge in [-0.15, -0.1) is 0 Å². The fraction of sp³-hybridized carbons (Fsp3) is 0.333. The molecule has 4 aromatic rings. The fourth-order valence-corrected chi connectivity index (χ4v) is 4.26. The van der Waals surface area contributed by atoms with Gasteiger partial charge < -0.3 is 14.6 Å². The lowest BCUT2D eigenvalue weighted by molar-refractivity contribution is 0.0994. The second-order valence-electron chi connectivity index (χ2n) is 9.17. The molecule has 190 valence electrons. The lowest BCUT2D eigenvalue weighted by Crippen LogP contribution is -2.44. The molecule has 1 amide bonds. The van der Waals surface area contributed by atoms with Crippen molar-refractivity contribution in [3.8, 4) is 23.1 Å². The molecular formula is C27H28FN7O2. The summed E-state index contributed by atoms with van der Waals surface area (Å²) in [4.78, 5) is 30.3. The Morgan fingerprint density at radius 1 is 1.16 bits per heavy atom. The van der Waals surface area contributed by atoms with Crippen molar-refractivity contribution in [1.82, 2.24) is 29.2 Å². The Bertz CT molecular complexity index is 1510. The number of imidazole rings is 1. The Kier molecular flexibility index (Phi) is 6.99. The number of halogens is 1. The Balaban J connectivity index is 1.29. The molecule has 1 fully saturated rings. The number of aryl methyl sites for hydroxylation is 2. The van der Waals surface area contributed by atoms with E-state index in [1.54, 1.807) is 30.6 Å². The molecule has 1 aliphatic heterocycles. The lowest BCUT2D eigenvalue weighted by Gasteiger charge is -2.31. The SMILES string of the molecule is Cc1nc(C)c(C(=O)Nc2ccc(F)c(-c3cn4cc(C#CCCN5CCN(C)CC5)cnc4n3)c2)o1. The number of hydrogen-bond donors (Lipinski definition) is 1. The maximum Gasteiger partial charge on any atom is 0.293 e. The van der Waals surface area contributed by atoms with Crippen LogP contribution < -0.4 is 5.32 Å². The molecule has 0 spiro atoms. The number of aromatic nitrogens is 4. The molecule has 0 unspecified atom stereocenters. The van der Waals surface area contributed by atoms with Gasteiger partial charge in [0.2, 0.25) is 11.5 Å². The zero-order chi connectivity index (χ0) is 25.9. The number of nitrogens with one attached hydrogen (secondary N) is 1. The molecule has 10 heteroatoms. The number of anilines is 1. The highest BCUT2D eigenvalue weighted by Crippen LogP contribution is 2.26. The van der Waals surface area contributed by atoms with E-state index < -0.39 is 11.7 Å². The Morgan fingerprint density at radius 2 is 1.97 bits per heavy atom. The predicted octanol–water partition coefficient (Wildman–Crippen LogP) is 3.38. The number of fused-ring (bicyclic) bond motifs is 1. The molecule has 0 radical (unpaired) electrons. The summed E-state index contributed by atoms with van der Waals surface area (Å²) in [6.45, 7) is 8.64. The van der Waals surface area contributed by atoms with Gasteiger partial charge >= 0.3 is 0 Å². The first-order valence-electron chi connectivity index (χ1n) is 12.2. The van der Waals surface area contributed by atoms with Gasteiger partial charge in [0.1, 0.15) is 5.82 Å². The van der Waals surface area contributed by atoms with Crippen LogP contribution in [0.4, 0.5) is 10.1 Å². The van der Waals surface area contributed by atoms with Crippen molar-refractivity contribution < 1.29 is 13.6 Å². The average Bonchev–Trinajstić information content (AvgIpc) is 3.45. The summed E-state index contributed by atoms with van der Waals surface area (Å²) < 4.78 is 21.8. The van der Waals surface area contributed by atoms with Gasteiger partial charge in [0.25, 0.3) is 5.91 Å². The molecule has 0 atom stereocenters. The smallest absolute Gasteiger partial charge is 0.293 e. The van der Waals surface area contributed by atoms with E-state index in [1.165, 1.54) is 18.2 Å². The molecule has 1 aromatic carbocycles. The maximum atomic E-state index is 14.7. The van der Waals surface area contributed by atoms with E-state index in [-0.39, 0.29) is 11.3 Å². The van der Waals surface area contributed by atoms with Crippen LogP contribution in [0.2, 0.25) is 0 Å². The van der Waals surface area contributed by atoms with Gasteiger partial charge in [0.05, 0.1) is 17.0 Å². The number of piperazine rings is 1. The molecule has 0 saturated carbocycles. The molecule has 1 N–H and O–H groups in total. The number of likely N-dealkylation sites (N-methyl/N-ethyl adjacent to an activating group) is 1. The van der Waals surface area contributed by atoms with Gasteiger partial charge in [-0.2, -0.15) is 0 Å². The summed E-state index contributed by atoms with van der Waals surface area (Å²) in [6.07, 6.45) is 5.99. The van der Waals surface area contributed by atoms with Crippen LogP contribution >= 0.6 is 0 Å². The molecule has 1 saturated heterocycles. The highest BCUT2D eigenvalue weighted by molar-refractivity contribution is 6.03. The van der Waals surface area contributed by atoms with Gasteiger partial charge in [0, 0.05) is 75.9 Å².